The van der Waals surface area contributed by atoms with Gasteiger partial charge in [-0.3, -0.25) is 4.79 Å². The van der Waals surface area contributed by atoms with Gasteiger partial charge >= 0.3 is 5.97 Å². The van der Waals surface area contributed by atoms with Gasteiger partial charge in [0.2, 0.25) is 0 Å². The number of esters is 1. The summed E-state index contributed by atoms with van der Waals surface area (Å²) >= 11 is 0. The molecule has 2 rings (SSSR count). The van der Waals surface area contributed by atoms with Crippen molar-refractivity contribution < 1.29 is 14.3 Å². The van der Waals surface area contributed by atoms with Crippen molar-refractivity contribution in [2.45, 2.75) is 20.3 Å². The fraction of sp³-hybridized carbons (Fsp3) is 0.400. The molecule has 1 aromatic heterocycles. The van der Waals surface area contributed by atoms with E-state index < -0.39 is 5.97 Å². The number of nitrogens with zero attached hydrogens (tertiary/aromatic N) is 4. The first-order chi connectivity index (χ1) is 11.1. The Labute approximate surface area is 133 Å². The molecule has 8 heteroatoms. The molecule has 0 unspecified atom stereocenters. The van der Waals surface area contributed by atoms with E-state index in [-0.39, 0.29) is 12.5 Å². The van der Waals surface area contributed by atoms with Crippen LogP contribution in [0, 0.1) is 5.92 Å². The largest absolute Gasteiger partial charge is 0.452 e. The maximum Gasteiger partial charge on any atom is 0.338 e. The predicted molar refractivity (Wildman–Crippen MR) is 81.9 cm³/mol. The molecule has 0 atom stereocenters. The fourth-order valence-electron chi connectivity index (χ4n) is 1.80. The lowest BCUT2D eigenvalue weighted by molar-refractivity contribution is -0.124. The number of ether oxygens (including phenoxy) is 1. The van der Waals surface area contributed by atoms with Gasteiger partial charge in [-0.2, -0.15) is 0 Å². The second-order valence-electron chi connectivity index (χ2n) is 5.41. The van der Waals surface area contributed by atoms with Gasteiger partial charge in [0.25, 0.3) is 5.91 Å². The minimum atomic E-state index is -0.549. The third-order valence-corrected chi connectivity index (χ3v) is 3.09. The highest BCUT2D eigenvalue weighted by Crippen LogP contribution is 2.08. The third kappa shape index (κ3) is 5.17. The smallest absolute Gasteiger partial charge is 0.338 e. The van der Waals surface area contributed by atoms with Crippen LogP contribution >= 0.6 is 0 Å². The van der Waals surface area contributed by atoms with Crippen molar-refractivity contribution in [1.29, 1.82) is 0 Å². The molecule has 2 aromatic rings. The van der Waals surface area contributed by atoms with Crippen LogP contribution in [-0.4, -0.2) is 45.2 Å². The first kappa shape index (κ1) is 16.6. The van der Waals surface area contributed by atoms with Crippen LogP contribution in [0.3, 0.4) is 0 Å². The van der Waals surface area contributed by atoms with Crippen LogP contribution in [0.2, 0.25) is 0 Å². The van der Waals surface area contributed by atoms with Gasteiger partial charge in [-0.1, -0.05) is 13.8 Å². The first-order valence-corrected chi connectivity index (χ1v) is 7.33. The van der Waals surface area contributed by atoms with E-state index in [1.165, 1.54) is 11.0 Å². The molecule has 0 radical (unpaired) electrons. The van der Waals surface area contributed by atoms with Crippen LogP contribution in [0.1, 0.15) is 30.6 Å². The maximum atomic E-state index is 11.9. The van der Waals surface area contributed by atoms with Gasteiger partial charge in [0.15, 0.2) is 6.61 Å². The zero-order chi connectivity index (χ0) is 16.7. The van der Waals surface area contributed by atoms with Crippen LogP contribution in [0.5, 0.6) is 0 Å². The predicted octanol–water partition coefficient (Wildman–Crippen LogP) is 0.981. The summed E-state index contributed by atoms with van der Waals surface area (Å²) in [6.07, 6.45) is 2.34. The summed E-state index contributed by atoms with van der Waals surface area (Å²) in [6, 6.07) is 6.57. The number of hydrogen-bond acceptors (Lipinski definition) is 6. The lowest BCUT2D eigenvalue weighted by Crippen LogP contribution is -2.30. The Kier molecular flexibility index (Phi) is 5.79. The van der Waals surface area contributed by atoms with Gasteiger partial charge in [0, 0.05) is 6.54 Å². The molecule has 0 aliphatic heterocycles. The number of nitrogens with one attached hydrogen (secondary N) is 1. The highest BCUT2D eigenvalue weighted by molar-refractivity contribution is 5.91. The fourth-order valence-corrected chi connectivity index (χ4v) is 1.80. The molecular formula is C15H19N5O3. The van der Waals surface area contributed by atoms with Gasteiger partial charge in [-0.25, -0.2) is 9.48 Å². The van der Waals surface area contributed by atoms with Crippen molar-refractivity contribution in [3.63, 3.8) is 0 Å². The molecular weight excluding hydrogens is 298 g/mol. The lowest BCUT2D eigenvalue weighted by atomic mass is 10.1. The molecule has 0 spiro atoms. The van der Waals surface area contributed by atoms with Crippen LogP contribution < -0.4 is 5.32 Å². The van der Waals surface area contributed by atoms with Gasteiger partial charge in [-0.15, -0.1) is 5.10 Å². The van der Waals surface area contributed by atoms with Gasteiger partial charge in [0.05, 0.1) is 11.3 Å². The molecule has 0 bridgehead atoms. The van der Waals surface area contributed by atoms with Crippen molar-refractivity contribution in [2.75, 3.05) is 13.2 Å². The van der Waals surface area contributed by atoms with Crippen molar-refractivity contribution >= 4 is 11.9 Å². The zero-order valence-corrected chi connectivity index (χ0v) is 13.1. The van der Waals surface area contributed by atoms with Crippen molar-refractivity contribution in [3.05, 3.63) is 36.2 Å². The molecule has 122 valence electrons. The molecule has 1 N–H and O–H groups in total. The van der Waals surface area contributed by atoms with Crippen LogP contribution in [0.25, 0.3) is 5.69 Å². The summed E-state index contributed by atoms with van der Waals surface area (Å²) in [5.41, 5.74) is 1.08. The second-order valence-corrected chi connectivity index (χ2v) is 5.41. The Morgan fingerprint density at radius 1 is 1.26 bits per heavy atom. The molecule has 0 fully saturated rings. The number of hydrogen-bond donors (Lipinski definition) is 1. The summed E-state index contributed by atoms with van der Waals surface area (Å²) in [4.78, 5) is 23.4. The minimum absolute atomic E-state index is 0.286. The Bertz CT molecular complexity index is 638. The van der Waals surface area contributed by atoms with Crippen molar-refractivity contribution in [2.24, 2.45) is 5.92 Å². The van der Waals surface area contributed by atoms with E-state index >= 15 is 0 Å². The maximum absolute atomic E-state index is 11.9. The average molecular weight is 317 g/mol. The average Bonchev–Trinajstić information content (AvgIpc) is 3.07. The number of aromatic nitrogens is 4. The molecule has 0 saturated heterocycles. The highest BCUT2D eigenvalue weighted by atomic mass is 16.5. The number of amides is 1. The molecule has 1 heterocycles. The van der Waals surface area contributed by atoms with E-state index in [4.69, 9.17) is 4.74 Å². The third-order valence-electron chi connectivity index (χ3n) is 3.09. The van der Waals surface area contributed by atoms with Gasteiger partial charge in [-0.05, 0) is 47.0 Å². The van der Waals surface area contributed by atoms with Crippen molar-refractivity contribution in [1.82, 2.24) is 25.5 Å². The molecule has 8 nitrogen and oxygen atoms in total. The first-order valence-electron chi connectivity index (χ1n) is 7.33. The second kappa shape index (κ2) is 8.02. The SMILES string of the molecule is CC(C)CCNC(=O)COC(=O)c1ccc(-n2cnnn2)cc1. The standard InChI is InChI=1S/C15H19N5O3/c1-11(2)7-8-16-14(21)9-23-15(22)12-3-5-13(6-4-12)20-10-17-18-19-20/h3-6,10-11H,7-9H2,1-2H3,(H,16,21). The number of carbonyl (C=O) groups is 2. The van der Waals surface area contributed by atoms with Crippen molar-refractivity contribution in [3.8, 4) is 5.69 Å². The number of carbonyl (C=O) groups excluding carboxylic acids is 2. The Balaban J connectivity index is 1.80. The summed E-state index contributed by atoms with van der Waals surface area (Å²) in [5, 5.41) is 13.5. The molecule has 23 heavy (non-hydrogen) atoms. The van der Waals surface area contributed by atoms with Gasteiger partial charge in [0.1, 0.15) is 6.33 Å². The monoisotopic (exact) mass is 317 g/mol. The number of tetrazole rings is 1. The summed E-state index contributed by atoms with van der Waals surface area (Å²) in [7, 11) is 0. The Morgan fingerprint density at radius 2 is 2.00 bits per heavy atom. The van der Waals surface area contributed by atoms with E-state index in [0.717, 1.165) is 12.1 Å². The van der Waals surface area contributed by atoms with E-state index in [1.807, 2.05) is 0 Å². The molecule has 0 aliphatic rings. The summed E-state index contributed by atoms with van der Waals surface area (Å²) < 4.78 is 6.45. The minimum Gasteiger partial charge on any atom is -0.452 e. The van der Waals surface area contributed by atoms with Crippen LogP contribution in [0.15, 0.2) is 30.6 Å². The van der Waals surface area contributed by atoms with Crippen LogP contribution in [0.4, 0.5) is 0 Å². The van der Waals surface area contributed by atoms with E-state index in [2.05, 4.69) is 34.7 Å². The van der Waals surface area contributed by atoms with Crippen LogP contribution in [-0.2, 0) is 9.53 Å². The van der Waals surface area contributed by atoms with E-state index in [1.54, 1.807) is 24.3 Å². The highest BCUT2D eigenvalue weighted by Gasteiger charge is 2.10. The zero-order valence-electron chi connectivity index (χ0n) is 13.1. The molecule has 1 aromatic carbocycles. The lowest BCUT2D eigenvalue weighted by Gasteiger charge is -2.08. The summed E-state index contributed by atoms with van der Waals surface area (Å²) in [5.74, 6) is -0.340. The topological polar surface area (TPSA) is 99.0 Å². The number of benzene rings is 1. The molecule has 0 saturated carbocycles. The quantitative estimate of drug-likeness (QED) is 0.764. The normalized spacial score (nSPS) is 10.6. The number of rotatable bonds is 7. The Hall–Kier alpha value is -2.77. The molecule has 0 aliphatic carbocycles. The Morgan fingerprint density at radius 3 is 2.61 bits per heavy atom. The molecule has 1 amide bonds. The van der Waals surface area contributed by atoms with E-state index in [0.29, 0.717) is 18.0 Å². The summed E-state index contributed by atoms with van der Waals surface area (Å²) in [6.45, 7) is 4.44. The van der Waals surface area contributed by atoms with Gasteiger partial charge < -0.3 is 10.1 Å². The van der Waals surface area contributed by atoms with E-state index in [9.17, 15) is 9.59 Å².